The van der Waals surface area contributed by atoms with E-state index in [1.54, 1.807) is 11.8 Å². The molecule has 2 unspecified atom stereocenters. The van der Waals surface area contributed by atoms with Gasteiger partial charge in [0.1, 0.15) is 29.3 Å². The molecule has 1 aromatic heterocycles. The van der Waals surface area contributed by atoms with Gasteiger partial charge in [0, 0.05) is 63.7 Å². The number of hydrogen-bond donors (Lipinski definition) is 2. The van der Waals surface area contributed by atoms with Crippen LogP contribution in [0.15, 0.2) is 18.2 Å². The summed E-state index contributed by atoms with van der Waals surface area (Å²) in [5.41, 5.74) is 0.252. The van der Waals surface area contributed by atoms with Crippen molar-refractivity contribution in [1.82, 2.24) is 29.9 Å². The van der Waals surface area contributed by atoms with Crippen molar-refractivity contribution in [3.8, 4) is 5.75 Å². The molecule has 50 heavy (non-hydrogen) atoms. The smallest absolute Gasteiger partial charge is 0.409 e. The van der Waals surface area contributed by atoms with Gasteiger partial charge in [-0.25, -0.2) is 14.2 Å². The van der Waals surface area contributed by atoms with E-state index in [1.165, 1.54) is 39.8 Å². The average Bonchev–Trinajstić information content (AvgIpc) is 3.82. The first-order valence-electron chi connectivity index (χ1n) is 17.0. The fraction of sp³-hybridized carbons (Fsp3) is 0.559. The number of nitrogens with zero attached hydrogens (tertiary/aromatic N) is 5. The number of carboxylic acids is 1. The lowest BCUT2D eigenvalue weighted by atomic mass is 10.1. The van der Waals surface area contributed by atoms with E-state index in [-0.39, 0.29) is 73.0 Å². The van der Waals surface area contributed by atoms with E-state index < -0.39 is 60.7 Å². The summed E-state index contributed by atoms with van der Waals surface area (Å²) >= 11 is 0. The number of halogens is 1. The maximum Gasteiger partial charge on any atom is 0.409 e. The molecule has 4 heterocycles. The number of aryl methyl sites for hydroxylation is 1. The van der Waals surface area contributed by atoms with Gasteiger partial charge in [0.25, 0.3) is 11.8 Å². The third-order valence-electron chi connectivity index (χ3n) is 9.28. The molecule has 5 amide bonds. The molecule has 0 saturated carbocycles. The summed E-state index contributed by atoms with van der Waals surface area (Å²) < 4.78 is 25.6. The van der Waals surface area contributed by atoms with Crippen molar-refractivity contribution >= 4 is 46.6 Å². The van der Waals surface area contributed by atoms with Gasteiger partial charge in [-0.1, -0.05) is 0 Å². The van der Waals surface area contributed by atoms with Crippen LogP contribution in [0.1, 0.15) is 61.5 Å². The van der Waals surface area contributed by atoms with Crippen LogP contribution in [-0.4, -0.2) is 136 Å². The Bertz CT molecular complexity index is 1640. The summed E-state index contributed by atoms with van der Waals surface area (Å²) in [5, 5.41) is 12.1. The lowest BCUT2D eigenvalue weighted by Gasteiger charge is -2.35. The maximum absolute atomic E-state index is 14.7. The number of aromatic nitrogens is 1. The number of rotatable bonds is 11. The van der Waals surface area contributed by atoms with Gasteiger partial charge in [-0.05, 0) is 63.6 Å². The molecular formula is C34H43FN6O9. The highest BCUT2D eigenvalue weighted by Gasteiger charge is 2.37. The number of benzene rings is 1. The average molecular weight is 699 g/mol. The third kappa shape index (κ3) is 8.40. The number of likely N-dealkylation sites (tertiary alicyclic amines) is 2. The van der Waals surface area contributed by atoms with Crippen LogP contribution in [0.25, 0.3) is 10.9 Å². The van der Waals surface area contributed by atoms with Crippen molar-refractivity contribution in [3.05, 3.63) is 35.3 Å². The van der Waals surface area contributed by atoms with Gasteiger partial charge in [-0.3, -0.25) is 24.0 Å². The van der Waals surface area contributed by atoms with Crippen LogP contribution >= 0.6 is 0 Å². The Hall–Kier alpha value is -5.02. The Morgan fingerprint density at radius 1 is 0.960 bits per heavy atom. The van der Waals surface area contributed by atoms with Gasteiger partial charge in [-0.2, -0.15) is 0 Å². The molecule has 0 aliphatic carbocycles. The second-order valence-corrected chi connectivity index (χ2v) is 12.7. The number of piperazine rings is 1. The minimum Gasteiger partial charge on any atom is -0.483 e. The van der Waals surface area contributed by atoms with Gasteiger partial charge in [0.2, 0.25) is 11.8 Å². The normalized spacial score (nSPS) is 18.3. The van der Waals surface area contributed by atoms with Crippen LogP contribution in [0.2, 0.25) is 0 Å². The molecule has 15 nitrogen and oxygen atoms in total. The molecule has 3 aliphatic heterocycles. The van der Waals surface area contributed by atoms with Crippen LogP contribution in [-0.2, 0) is 23.9 Å². The van der Waals surface area contributed by atoms with Crippen LogP contribution in [0.5, 0.6) is 5.75 Å². The lowest BCUT2D eigenvalue weighted by molar-refractivity contribution is -0.144. The molecule has 1 aromatic carbocycles. The van der Waals surface area contributed by atoms with E-state index >= 15 is 0 Å². The number of hydrogen-bond acceptors (Lipinski definition) is 9. The standard InChI is InChI=1S/C34H43FN6O9/c1-3-49-34(48)40-15-13-39(14-16-40)32(46)24(8-9-30(43)44)37-31(45)26-19-28(22-18-23(35)21(2)17-25(22)36-26)50-20-29(42)41-12-6-7-27(41)33(47)38-10-4-5-11-38/h17-19,24,27H,3-16,20H2,1-2H3,(H,37,45)(H,43,44). The minimum absolute atomic E-state index is 0.00230. The van der Waals surface area contributed by atoms with Gasteiger partial charge in [-0.15, -0.1) is 0 Å². The Kier molecular flexibility index (Phi) is 11.7. The molecule has 270 valence electrons. The highest BCUT2D eigenvalue weighted by molar-refractivity contribution is 5.99. The second-order valence-electron chi connectivity index (χ2n) is 12.7. The second kappa shape index (κ2) is 16.1. The van der Waals surface area contributed by atoms with Crippen molar-refractivity contribution in [2.45, 2.75) is 64.5 Å². The predicted molar refractivity (Wildman–Crippen MR) is 176 cm³/mol. The number of carboxylic acid groups (broad SMARTS) is 1. The topological polar surface area (TPSA) is 179 Å². The Labute approximate surface area is 288 Å². The molecule has 2 N–H and O–H groups in total. The molecule has 0 spiro atoms. The SMILES string of the molecule is CCOC(=O)N1CCN(C(=O)C(CCC(=O)O)NC(=O)c2cc(OCC(=O)N3CCCC3C(=O)N3CCCC3)c3cc(F)c(C)cc3n2)CC1. The number of aliphatic carboxylic acids is 1. The molecule has 2 atom stereocenters. The van der Waals surface area contributed by atoms with Crippen molar-refractivity contribution in [2.24, 2.45) is 0 Å². The number of carbonyl (C=O) groups is 6. The van der Waals surface area contributed by atoms with E-state index in [4.69, 9.17) is 9.47 Å². The van der Waals surface area contributed by atoms with Gasteiger partial charge >= 0.3 is 12.1 Å². The molecule has 0 radical (unpaired) electrons. The Morgan fingerprint density at radius 3 is 2.34 bits per heavy atom. The van der Waals surface area contributed by atoms with Crippen LogP contribution < -0.4 is 10.1 Å². The third-order valence-corrected chi connectivity index (χ3v) is 9.28. The molecule has 3 saturated heterocycles. The number of nitrogens with one attached hydrogen (secondary N) is 1. The molecule has 16 heteroatoms. The number of fused-ring (bicyclic) bond motifs is 1. The zero-order valence-electron chi connectivity index (χ0n) is 28.3. The van der Waals surface area contributed by atoms with Gasteiger partial charge in [0.15, 0.2) is 6.61 Å². The molecule has 3 fully saturated rings. The van der Waals surface area contributed by atoms with E-state index in [2.05, 4.69) is 10.3 Å². The minimum atomic E-state index is -1.23. The molecule has 2 aromatic rings. The quantitative estimate of drug-likeness (QED) is 0.352. The van der Waals surface area contributed by atoms with E-state index in [1.807, 2.05) is 0 Å². The molecule has 0 bridgehead atoms. The summed E-state index contributed by atoms with van der Waals surface area (Å²) in [6, 6.07) is 2.06. The van der Waals surface area contributed by atoms with E-state index in [0.29, 0.717) is 32.5 Å². The summed E-state index contributed by atoms with van der Waals surface area (Å²) in [5.74, 6) is -3.54. The first-order chi connectivity index (χ1) is 24.0. The highest BCUT2D eigenvalue weighted by Crippen LogP contribution is 2.29. The Balaban J connectivity index is 1.33. The highest BCUT2D eigenvalue weighted by atomic mass is 19.1. The molecule has 3 aliphatic rings. The summed E-state index contributed by atoms with van der Waals surface area (Å²) in [4.78, 5) is 87.7. The first kappa shape index (κ1) is 36.3. The van der Waals surface area contributed by atoms with Crippen LogP contribution in [0.3, 0.4) is 0 Å². The van der Waals surface area contributed by atoms with Crippen molar-refractivity contribution in [1.29, 1.82) is 0 Å². The number of carbonyl (C=O) groups excluding carboxylic acids is 5. The summed E-state index contributed by atoms with van der Waals surface area (Å²) in [6.45, 7) is 5.41. The fourth-order valence-electron chi connectivity index (χ4n) is 6.55. The zero-order chi connectivity index (χ0) is 35.9. The van der Waals surface area contributed by atoms with Crippen molar-refractivity contribution in [2.75, 3.05) is 59.0 Å². The van der Waals surface area contributed by atoms with Crippen molar-refractivity contribution in [3.63, 3.8) is 0 Å². The van der Waals surface area contributed by atoms with Crippen LogP contribution in [0, 0.1) is 12.7 Å². The van der Waals surface area contributed by atoms with E-state index in [0.717, 1.165) is 12.8 Å². The monoisotopic (exact) mass is 698 g/mol. The predicted octanol–water partition coefficient (Wildman–Crippen LogP) is 1.94. The largest absolute Gasteiger partial charge is 0.483 e. The summed E-state index contributed by atoms with van der Waals surface area (Å²) in [6.07, 6.45) is 1.97. The van der Waals surface area contributed by atoms with Crippen molar-refractivity contribution < 1.29 is 47.7 Å². The molecular weight excluding hydrogens is 655 g/mol. The lowest BCUT2D eigenvalue weighted by Crippen LogP contribution is -2.56. The summed E-state index contributed by atoms with van der Waals surface area (Å²) in [7, 11) is 0. The number of ether oxygens (including phenoxy) is 2. The van der Waals surface area contributed by atoms with Crippen LogP contribution in [0.4, 0.5) is 9.18 Å². The van der Waals surface area contributed by atoms with Gasteiger partial charge < -0.3 is 39.5 Å². The number of amides is 5. The number of pyridine rings is 1. The maximum atomic E-state index is 14.7. The first-order valence-corrected chi connectivity index (χ1v) is 17.0. The fourth-order valence-corrected chi connectivity index (χ4v) is 6.55. The zero-order valence-corrected chi connectivity index (χ0v) is 28.3. The Morgan fingerprint density at radius 2 is 1.66 bits per heavy atom. The van der Waals surface area contributed by atoms with E-state index in [9.17, 15) is 38.3 Å². The molecule has 5 rings (SSSR count). The van der Waals surface area contributed by atoms with Gasteiger partial charge in [0.05, 0.1) is 12.1 Å².